The molecule has 14 heteroatoms. The van der Waals surface area contributed by atoms with Gasteiger partial charge in [-0.1, -0.05) is 19.1 Å². The number of carbonyl (C=O) groups excluding carboxylic acids is 3. The van der Waals surface area contributed by atoms with E-state index in [0.29, 0.717) is 12.8 Å². The second-order valence-corrected chi connectivity index (χ2v) is 44.1. The van der Waals surface area contributed by atoms with Crippen LogP contribution in [-0.2, 0) is 38.3 Å². The summed E-state index contributed by atoms with van der Waals surface area (Å²) in [5.74, 6) is -2.25. The maximum atomic E-state index is 13.1. The van der Waals surface area contributed by atoms with Crippen molar-refractivity contribution in [1.29, 1.82) is 0 Å². The van der Waals surface area contributed by atoms with Gasteiger partial charge in [-0.2, -0.15) is 0 Å². The van der Waals surface area contributed by atoms with Crippen molar-refractivity contribution < 1.29 is 43.4 Å². The zero-order valence-corrected chi connectivity index (χ0v) is 29.1. The van der Waals surface area contributed by atoms with Crippen LogP contribution in [-0.4, -0.2) is 90.8 Å². The summed E-state index contributed by atoms with van der Waals surface area (Å²) in [4.78, 5) is 38.7. The summed E-state index contributed by atoms with van der Waals surface area (Å²) in [6.45, 7) is 7.14. The van der Waals surface area contributed by atoms with E-state index in [9.17, 15) is 19.5 Å². The van der Waals surface area contributed by atoms with Crippen LogP contribution in [0.5, 0.6) is 0 Å². The zero-order chi connectivity index (χ0) is 27.6. The molecular formula is C22H36I3N2O8V. The van der Waals surface area contributed by atoms with Crippen molar-refractivity contribution in [3.63, 3.8) is 0 Å². The minimum absolute atomic E-state index is 0.252. The summed E-state index contributed by atoms with van der Waals surface area (Å²) in [5, 5.41) is 13.5. The number of hydrogen-bond acceptors (Lipinski definition) is 8. The molecule has 0 spiro atoms. The third-order valence-corrected chi connectivity index (χ3v) is 5.54. The number of halogens is 3. The molecule has 0 aromatic heterocycles. The van der Waals surface area contributed by atoms with Gasteiger partial charge in [-0.15, -0.1) is 0 Å². The SMILES string of the molecule is C/C=C/C1OC(C)(C)OC(C(OC)C(=O)NC2CCC(OC(=O)CC)CN(C)C2=O)C1O.[I][V]([I])[I]. The van der Waals surface area contributed by atoms with Gasteiger partial charge in [-0.05, 0) is 33.6 Å². The fourth-order valence-corrected chi connectivity index (χ4v) is 3.97. The van der Waals surface area contributed by atoms with Crippen LogP contribution in [0.3, 0.4) is 0 Å². The third-order valence-electron chi connectivity index (χ3n) is 5.54. The molecule has 208 valence electrons. The van der Waals surface area contributed by atoms with Crippen molar-refractivity contribution in [2.45, 2.75) is 89.3 Å². The Labute approximate surface area is 251 Å². The number of carbonyl (C=O) groups is 3. The molecule has 36 heavy (non-hydrogen) atoms. The van der Waals surface area contributed by atoms with Crippen LogP contribution < -0.4 is 5.32 Å². The second-order valence-electron chi connectivity index (χ2n) is 8.75. The molecule has 0 bridgehead atoms. The Bertz CT molecular complexity index is 771. The Morgan fingerprint density at radius 3 is 2.44 bits per heavy atom. The van der Waals surface area contributed by atoms with E-state index in [4.69, 9.17) is 18.9 Å². The van der Waals surface area contributed by atoms with E-state index in [1.807, 2.05) is 0 Å². The van der Waals surface area contributed by atoms with Crippen LogP contribution >= 0.6 is 59.9 Å². The van der Waals surface area contributed by atoms with Gasteiger partial charge in [-0.25, -0.2) is 0 Å². The van der Waals surface area contributed by atoms with Crippen molar-refractivity contribution in [3.05, 3.63) is 12.2 Å². The molecule has 6 atom stereocenters. The van der Waals surface area contributed by atoms with Gasteiger partial charge >= 0.3 is 70.8 Å². The van der Waals surface area contributed by atoms with Gasteiger partial charge in [0.05, 0.1) is 6.54 Å². The first-order chi connectivity index (χ1) is 16.8. The zero-order valence-electron chi connectivity index (χ0n) is 21.3. The van der Waals surface area contributed by atoms with Gasteiger partial charge in [0.15, 0.2) is 11.9 Å². The Morgan fingerprint density at radius 1 is 1.31 bits per heavy atom. The molecule has 2 amide bonds. The summed E-state index contributed by atoms with van der Waals surface area (Å²) >= 11 is 7.39. The number of amides is 2. The van der Waals surface area contributed by atoms with E-state index in [2.05, 4.69) is 65.3 Å². The molecular weight excluding hydrogens is 852 g/mol. The van der Waals surface area contributed by atoms with Crippen LogP contribution in [0.4, 0.5) is 0 Å². The molecule has 2 saturated heterocycles. The van der Waals surface area contributed by atoms with Crippen LogP contribution in [0.25, 0.3) is 0 Å². The Hall–Kier alpha value is 0.764. The summed E-state index contributed by atoms with van der Waals surface area (Å²) in [5.41, 5.74) is 0. The van der Waals surface area contributed by atoms with Crippen molar-refractivity contribution in [2.75, 3.05) is 20.7 Å². The maximum absolute atomic E-state index is 13.1. The van der Waals surface area contributed by atoms with Gasteiger partial charge in [0.1, 0.15) is 30.5 Å². The van der Waals surface area contributed by atoms with Gasteiger partial charge in [-0.3, -0.25) is 14.4 Å². The van der Waals surface area contributed by atoms with Crippen molar-refractivity contribution in [3.8, 4) is 0 Å². The number of aliphatic hydroxyl groups is 1. The van der Waals surface area contributed by atoms with E-state index in [1.165, 1.54) is 12.0 Å². The number of rotatable bonds is 7. The van der Waals surface area contributed by atoms with Gasteiger partial charge in [0, 0.05) is 20.6 Å². The number of likely N-dealkylation sites (N-methyl/N-ethyl adjacent to an activating group) is 1. The number of likely N-dealkylation sites (tertiary alicyclic amines) is 1. The molecule has 0 radical (unpaired) electrons. The predicted octanol–water partition coefficient (Wildman–Crippen LogP) is 3.17. The Kier molecular flexibility index (Phi) is 16.2. The molecule has 2 aliphatic heterocycles. The molecule has 2 fully saturated rings. The topological polar surface area (TPSA) is 124 Å². The fraction of sp³-hybridized carbons (Fsp3) is 0.773. The summed E-state index contributed by atoms with van der Waals surface area (Å²) in [6, 6.07) is -0.813. The van der Waals surface area contributed by atoms with Crippen molar-refractivity contribution >= 4 is 77.7 Å². The second kappa shape index (κ2) is 16.8. The number of nitrogens with one attached hydrogen (secondary N) is 1. The van der Waals surface area contributed by atoms with Crippen LogP contribution in [0.1, 0.15) is 47.0 Å². The van der Waals surface area contributed by atoms with E-state index in [0.717, 1.165) is 0 Å². The van der Waals surface area contributed by atoms with Gasteiger partial charge in [0.2, 0.25) is 5.91 Å². The normalized spacial score (nSPS) is 29.2. The number of methoxy groups -OCH3 is 1. The summed E-state index contributed by atoms with van der Waals surface area (Å²) < 4.78 is 22.3. The van der Waals surface area contributed by atoms with Crippen LogP contribution in [0.15, 0.2) is 12.2 Å². The number of ether oxygens (including phenoxy) is 4. The molecule has 2 aliphatic rings. The quantitative estimate of drug-likeness (QED) is 0.227. The van der Waals surface area contributed by atoms with E-state index in [-0.39, 0.29) is 29.8 Å². The van der Waals surface area contributed by atoms with Crippen LogP contribution in [0, 0.1) is 0 Å². The number of hydrogen-bond donors (Lipinski definition) is 2. The van der Waals surface area contributed by atoms with E-state index in [1.54, 1.807) is 46.9 Å². The van der Waals surface area contributed by atoms with Crippen LogP contribution in [0.2, 0.25) is 0 Å². The van der Waals surface area contributed by atoms with E-state index < -0.39 is 48.3 Å². The Balaban J connectivity index is 0.00000150. The number of allylic oxidation sites excluding steroid dienone is 1. The average molecular weight is 888 g/mol. The monoisotopic (exact) mass is 888 g/mol. The molecule has 0 aromatic carbocycles. The Morgan fingerprint density at radius 2 is 1.92 bits per heavy atom. The fourth-order valence-electron chi connectivity index (χ4n) is 3.97. The molecule has 2 N–H and O–H groups in total. The summed E-state index contributed by atoms with van der Waals surface area (Å²) in [7, 11) is 2.94. The predicted molar refractivity (Wildman–Crippen MR) is 156 cm³/mol. The van der Waals surface area contributed by atoms with E-state index >= 15 is 0 Å². The molecule has 10 nitrogen and oxygen atoms in total. The van der Waals surface area contributed by atoms with Crippen molar-refractivity contribution in [1.82, 2.24) is 10.2 Å². The van der Waals surface area contributed by atoms with Gasteiger partial charge < -0.3 is 34.3 Å². The first-order valence-corrected chi connectivity index (χ1v) is 25.0. The average Bonchev–Trinajstić information content (AvgIpc) is 2.90. The molecule has 0 aliphatic carbocycles. The number of nitrogens with zero attached hydrogens (tertiary/aromatic N) is 1. The standard InChI is InChI=1S/C22H36N2O8.3HI.V/c1-7-9-15-17(26)18(32-22(3,4)31-15)19(29-6)20(27)23-14-11-10-13(30-16(25)8-2)12-24(5)21(14)28;;;;/h7,9,13-15,17-19,26H,8,10-12H2,1-6H3,(H,23,27);3*1H;/q;;;;+3/p-3/b9-7+;;;;. The molecule has 2 rings (SSSR count). The number of esters is 1. The molecule has 0 saturated carbocycles. The first kappa shape index (κ1) is 34.8. The summed E-state index contributed by atoms with van der Waals surface area (Å²) in [6.07, 6.45) is -0.0310. The molecule has 0 aromatic rings. The third kappa shape index (κ3) is 11.5. The van der Waals surface area contributed by atoms with Crippen molar-refractivity contribution in [2.24, 2.45) is 0 Å². The minimum atomic E-state index is -1.17. The van der Waals surface area contributed by atoms with Gasteiger partial charge in [0.25, 0.3) is 5.91 Å². The molecule has 6 unspecified atom stereocenters. The first-order valence-electron chi connectivity index (χ1n) is 11.5. The molecule has 2 heterocycles. The number of aliphatic hydroxyl groups excluding tert-OH is 1.